The lowest BCUT2D eigenvalue weighted by atomic mass is 10.2. The molecular weight excluding hydrogens is 294 g/mol. The number of anilines is 1. The number of hydrogen-bond donors (Lipinski definition) is 1. The maximum absolute atomic E-state index is 12.0. The van der Waals surface area contributed by atoms with E-state index in [2.05, 4.69) is 19.0 Å². The van der Waals surface area contributed by atoms with Crippen molar-refractivity contribution in [3.63, 3.8) is 0 Å². The van der Waals surface area contributed by atoms with Gasteiger partial charge < -0.3 is 9.88 Å². The number of carbonyl (C=O) groups is 1. The number of nitrogens with zero attached hydrogens (tertiary/aromatic N) is 4. The Balaban J connectivity index is 1.67. The lowest BCUT2D eigenvalue weighted by molar-refractivity contribution is -0.113. The normalized spacial score (nSPS) is 10.8. The summed E-state index contributed by atoms with van der Waals surface area (Å²) in [7, 11) is 1.90. The quantitative estimate of drug-likeness (QED) is 0.748. The maximum atomic E-state index is 12.0. The first-order valence-electron chi connectivity index (χ1n) is 5.85. The van der Waals surface area contributed by atoms with E-state index in [1.165, 1.54) is 11.8 Å². The van der Waals surface area contributed by atoms with Gasteiger partial charge in [0.15, 0.2) is 5.16 Å². The first-order valence-corrected chi connectivity index (χ1v) is 7.57. The van der Waals surface area contributed by atoms with Crippen LogP contribution in [0.15, 0.2) is 35.7 Å². The number of benzene rings is 1. The summed E-state index contributed by atoms with van der Waals surface area (Å²) in [5, 5.41) is 3.67. The Kier molecular flexibility index (Phi) is 3.66. The number of hydrogen-bond acceptors (Lipinski definition) is 6. The number of rotatable bonds is 4. The molecule has 8 heteroatoms. The zero-order chi connectivity index (χ0) is 13.9. The Morgan fingerprint density at radius 2 is 2.35 bits per heavy atom. The SMILES string of the molecule is Cn1ccnc1SCC(=O)Nc1cccc2nsnc12. The van der Waals surface area contributed by atoms with E-state index in [0.717, 1.165) is 27.9 Å². The average Bonchev–Trinajstić information content (AvgIpc) is 3.06. The van der Waals surface area contributed by atoms with E-state index in [4.69, 9.17) is 0 Å². The molecule has 0 aliphatic rings. The summed E-state index contributed by atoms with van der Waals surface area (Å²) in [5.41, 5.74) is 2.22. The molecule has 0 bridgehead atoms. The van der Waals surface area contributed by atoms with Crippen LogP contribution in [0.3, 0.4) is 0 Å². The minimum atomic E-state index is -0.0847. The van der Waals surface area contributed by atoms with Gasteiger partial charge in [0, 0.05) is 19.4 Å². The van der Waals surface area contributed by atoms with Crippen molar-refractivity contribution in [3.05, 3.63) is 30.6 Å². The van der Waals surface area contributed by atoms with Crippen LogP contribution in [0.4, 0.5) is 5.69 Å². The zero-order valence-electron chi connectivity index (χ0n) is 10.6. The third-order valence-corrected chi connectivity index (χ3v) is 4.27. The summed E-state index contributed by atoms with van der Waals surface area (Å²) < 4.78 is 10.2. The summed E-state index contributed by atoms with van der Waals surface area (Å²) in [4.78, 5) is 16.1. The first kappa shape index (κ1) is 13.1. The van der Waals surface area contributed by atoms with Gasteiger partial charge >= 0.3 is 0 Å². The van der Waals surface area contributed by atoms with Gasteiger partial charge in [0.05, 0.1) is 23.2 Å². The van der Waals surface area contributed by atoms with E-state index in [1.807, 2.05) is 36.0 Å². The Bertz CT molecular complexity index is 751. The second kappa shape index (κ2) is 5.59. The van der Waals surface area contributed by atoms with Gasteiger partial charge in [0.2, 0.25) is 5.91 Å². The van der Waals surface area contributed by atoms with Gasteiger partial charge in [-0.1, -0.05) is 17.8 Å². The Morgan fingerprint density at radius 1 is 1.45 bits per heavy atom. The molecule has 0 fully saturated rings. The number of aryl methyl sites for hydroxylation is 1. The van der Waals surface area contributed by atoms with E-state index < -0.39 is 0 Å². The molecule has 0 unspecified atom stereocenters. The van der Waals surface area contributed by atoms with Gasteiger partial charge in [-0.25, -0.2) is 4.98 Å². The second-order valence-corrected chi connectivity index (χ2v) is 5.57. The largest absolute Gasteiger partial charge is 0.329 e. The van der Waals surface area contributed by atoms with E-state index in [-0.39, 0.29) is 5.91 Å². The van der Waals surface area contributed by atoms with Crippen molar-refractivity contribution in [1.29, 1.82) is 0 Å². The number of amides is 1. The van der Waals surface area contributed by atoms with Gasteiger partial charge in [-0.05, 0) is 12.1 Å². The molecule has 1 N–H and O–H groups in total. The summed E-state index contributed by atoms with van der Waals surface area (Å²) in [5.74, 6) is 0.220. The standard InChI is InChI=1S/C12H11N5OS2/c1-17-6-5-13-12(17)19-7-10(18)14-8-3-2-4-9-11(8)16-20-15-9/h2-6H,7H2,1H3,(H,14,18). The average molecular weight is 305 g/mol. The Labute approximate surface area is 123 Å². The Morgan fingerprint density at radius 3 is 3.15 bits per heavy atom. The molecule has 0 aliphatic carbocycles. The van der Waals surface area contributed by atoms with Crippen LogP contribution in [0.25, 0.3) is 11.0 Å². The predicted molar refractivity (Wildman–Crippen MR) is 80.0 cm³/mol. The van der Waals surface area contributed by atoms with Crippen LogP contribution in [-0.4, -0.2) is 30.0 Å². The molecule has 102 valence electrons. The molecule has 0 aliphatic heterocycles. The van der Waals surface area contributed by atoms with Crippen molar-refractivity contribution in [2.24, 2.45) is 7.05 Å². The number of carbonyl (C=O) groups excluding carboxylic acids is 1. The molecule has 2 aromatic heterocycles. The minimum Gasteiger partial charge on any atom is -0.329 e. The molecule has 20 heavy (non-hydrogen) atoms. The fourth-order valence-electron chi connectivity index (χ4n) is 1.71. The number of fused-ring (bicyclic) bond motifs is 1. The Hall–Kier alpha value is -1.93. The van der Waals surface area contributed by atoms with Crippen molar-refractivity contribution in [3.8, 4) is 0 Å². The van der Waals surface area contributed by atoms with Crippen LogP contribution in [0, 0.1) is 0 Å². The van der Waals surface area contributed by atoms with E-state index in [1.54, 1.807) is 6.20 Å². The van der Waals surface area contributed by atoms with Crippen molar-refractivity contribution < 1.29 is 4.79 Å². The molecule has 1 amide bonds. The molecule has 0 saturated heterocycles. The molecule has 0 radical (unpaired) electrons. The molecule has 6 nitrogen and oxygen atoms in total. The van der Waals surface area contributed by atoms with Gasteiger partial charge in [-0.3, -0.25) is 4.79 Å². The summed E-state index contributed by atoms with van der Waals surface area (Å²) >= 11 is 2.53. The van der Waals surface area contributed by atoms with Gasteiger partial charge in [-0.2, -0.15) is 8.75 Å². The third kappa shape index (κ3) is 2.66. The molecule has 3 aromatic rings. The van der Waals surface area contributed by atoms with Crippen LogP contribution >= 0.6 is 23.5 Å². The summed E-state index contributed by atoms with van der Waals surface area (Å²) in [6, 6.07) is 5.55. The summed E-state index contributed by atoms with van der Waals surface area (Å²) in [6.07, 6.45) is 3.56. The van der Waals surface area contributed by atoms with Gasteiger partial charge in [0.25, 0.3) is 0 Å². The second-order valence-electron chi connectivity index (χ2n) is 4.10. The number of aromatic nitrogens is 4. The van der Waals surface area contributed by atoms with Crippen LogP contribution in [-0.2, 0) is 11.8 Å². The van der Waals surface area contributed by atoms with Crippen molar-refractivity contribution >= 4 is 46.1 Å². The lowest BCUT2D eigenvalue weighted by Gasteiger charge is -2.05. The van der Waals surface area contributed by atoms with Crippen LogP contribution in [0.5, 0.6) is 0 Å². The minimum absolute atomic E-state index is 0.0847. The lowest BCUT2D eigenvalue weighted by Crippen LogP contribution is -2.14. The highest BCUT2D eigenvalue weighted by Gasteiger charge is 2.10. The van der Waals surface area contributed by atoms with Crippen LogP contribution < -0.4 is 5.32 Å². The number of nitrogens with one attached hydrogen (secondary N) is 1. The van der Waals surface area contributed by atoms with E-state index in [0.29, 0.717) is 11.4 Å². The number of imidazole rings is 1. The molecule has 2 heterocycles. The highest BCUT2D eigenvalue weighted by Crippen LogP contribution is 2.22. The van der Waals surface area contributed by atoms with Crippen molar-refractivity contribution in [1.82, 2.24) is 18.3 Å². The molecule has 0 saturated carbocycles. The fourth-order valence-corrected chi connectivity index (χ4v) is 3.00. The van der Waals surface area contributed by atoms with E-state index in [9.17, 15) is 4.79 Å². The smallest absolute Gasteiger partial charge is 0.234 e. The topological polar surface area (TPSA) is 72.7 Å². The first-order chi connectivity index (χ1) is 9.74. The maximum Gasteiger partial charge on any atom is 0.234 e. The van der Waals surface area contributed by atoms with Crippen LogP contribution in [0.1, 0.15) is 0 Å². The molecule has 0 spiro atoms. The highest BCUT2D eigenvalue weighted by atomic mass is 32.2. The summed E-state index contributed by atoms with van der Waals surface area (Å²) in [6.45, 7) is 0. The van der Waals surface area contributed by atoms with Crippen LogP contribution in [0.2, 0.25) is 0 Å². The van der Waals surface area contributed by atoms with E-state index >= 15 is 0 Å². The molecular formula is C12H11N5OS2. The van der Waals surface area contributed by atoms with Gasteiger partial charge in [0.1, 0.15) is 11.0 Å². The number of thioether (sulfide) groups is 1. The van der Waals surface area contributed by atoms with Crippen molar-refractivity contribution in [2.45, 2.75) is 5.16 Å². The van der Waals surface area contributed by atoms with Gasteiger partial charge in [-0.15, -0.1) is 0 Å². The third-order valence-electron chi connectivity index (χ3n) is 2.67. The monoisotopic (exact) mass is 305 g/mol. The molecule has 0 atom stereocenters. The fraction of sp³-hybridized carbons (Fsp3) is 0.167. The van der Waals surface area contributed by atoms with Crippen molar-refractivity contribution in [2.75, 3.05) is 11.1 Å². The highest BCUT2D eigenvalue weighted by molar-refractivity contribution is 7.99. The zero-order valence-corrected chi connectivity index (χ0v) is 12.2. The molecule has 3 rings (SSSR count). The molecule has 1 aromatic carbocycles. The predicted octanol–water partition coefficient (Wildman–Crippen LogP) is 2.16.